The standard InChI is InChI=1S/C12H9NO2/c14-9-5-6-12(15)10(8-9)11-4-2-1-3-7-13-11/h1-8,13H. The average molecular weight is 199 g/mol. The van der Waals surface area contributed by atoms with Gasteiger partial charge in [0.2, 0.25) is 0 Å². The fourth-order valence-electron chi connectivity index (χ4n) is 1.34. The van der Waals surface area contributed by atoms with Crippen LogP contribution in [-0.4, -0.2) is 11.6 Å². The number of hydrogen-bond acceptors (Lipinski definition) is 3. The van der Waals surface area contributed by atoms with Crippen LogP contribution in [-0.2, 0) is 9.59 Å². The highest BCUT2D eigenvalue weighted by Gasteiger charge is 2.16. The Morgan fingerprint density at radius 2 is 1.87 bits per heavy atom. The Bertz CT molecular complexity index is 462. The van der Waals surface area contributed by atoms with Crippen molar-refractivity contribution in [2.75, 3.05) is 0 Å². The summed E-state index contributed by atoms with van der Waals surface area (Å²) >= 11 is 0. The summed E-state index contributed by atoms with van der Waals surface area (Å²) in [7, 11) is 0. The molecule has 0 unspecified atom stereocenters. The normalized spacial score (nSPS) is 19.5. The number of hydrogen-bond donors (Lipinski definition) is 1. The molecule has 1 aliphatic carbocycles. The second-order valence-corrected chi connectivity index (χ2v) is 3.13. The second-order valence-electron chi connectivity index (χ2n) is 3.13. The van der Waals surface area contributed by atoms with E-state index in [1.165, 1.54) is 18.2 Å². The molecule has 1 aliphatic heterocycles. The number of carbonyl (C=O) groups excluding carboxylic acids is 2. The maximum absolute atomic E-state index is 11.5. The van der Waals surface area contributed by atoms with Crippen molar-refractivity contribution in [1.82, 2.24) is 5.32 Å². The maximum Gasteiger partial charge on any atom is 0.188 e. The van der Waals surface area contributed by atoms with Gasteiger partial charge in [-0.25, -0.2) is 0 Å². The zero-order chi connectivity index (χ0) is 10.7. The number of carbonyl (C=O) groups is 2. The monoisotopic (exact) mass is 199 g/mol. The molecule has 15 heavy (non-hydrogen) atoms. The number of allylic oxidation sites excluding steroid dienone is 8. The fourth-order valence-corrected chi connectivity index (χ4v) is 1.34. The Morgan fingerprint density at radius 3 is 2.73 bits per heavy atom. The van der Waals surface area contributed by atoms with E-state index in [0.717, 1.165) is 0 Å². The summed E-state index contributed by atoms with van der Waals surface area (Å²) in [5, 5.41) is 2.95. The van der Waals surface area contributed by atoms with Gasteiger partial charge in [-0.2, -0.15) is 0 Å². The molecule has 0 bridgehead atoms. The van der Waals surface area contributed by atoms with Crippen molar-refractivity contribution >= 4 is 11.6 Å². The van der Waals surface area contributed by atoms with Crippen molar-refractivity contribution in [2.24, 2.45) is 0 Å². The van der Waals surface area contributed by atoms with Crippen LogP contribution in [0.2, 0.25) is 0 Å². The van der Waals surface area contributed by atoms with Crippen LogP contribution in [0.15, 0.2) is 60.0 Å². The summed E-state index contributed by atoms with van der Waals surface area (Å²) < 4.78 is 0. The summed E-state index contributed by atoms with van der Waals surface area (Å²) in [6, 6.07) is 0. The summed E-state index contributed by atoms with van der Waals surface area (Å²) in [6.07, 6.45) is 12.8. The van der Waals surface area contributed by atoms with E-state index in [2.05, 4.69) is 5.32 Å². The van der Waals surface area contributed by atoms with E-state index in [-0.39, 0.29) is 11.6 Å². The van der Waals surface area contributed by atoms with Gasteiger partial charge < -0.3 is 5.32 Å². The number of nitrogens with one attached hydrogen (secondary N) is 1. The molecule has 0 fully saturated rings. The minimum Gasteiger partial charge on any atom is -0.361 e. The quantitative estimate of drug-likeness (QED) is 0.645. The van der Waals surface area contributed by atoms with Gasteiger partial charge in [0.1, 0.15) is 0 Å². The van der Waals surface area contributed by atoms with Crippen LogP contribution in [0.4, 0.5) is 0 Å². The van der Waals surface area contributed by atoms with E-state index in [0.29, 0.717) is 11.3 Å². The highest BCUT2D eigenvalue weighted by Crippen LogP contribution is 2.14. The molecule has 0 saturated heterocycles. The van der Waals surface area contributed by atoms with E-state index in [4.69, 9.17) is 0 Å². The lowest BCUT2D eigenvalue weighted by atomic mass is 10.0. The van der Waals surface area contributed by atoms with Gasteiger partial charge in [0.25, 0.3) is 0 Å². The first kappa shape index (κ1) is 9.40. The largest absolute Gasteiger partial charge is 0.361 e. The molecule has 2 rings (SSSR count). The van der Waals surface area contributed by atoms with Crippen molar-refractivity contribution in [3.8, 4) is 0 Å². The first-order valence-corrected chi connectivity index (χ1v) is 4.56. The Hall–Kier alpha value is -2.16. The van der Waals surface area contributed by atoms with E-state index in [1.54, 1.807) is 12.3 Å². The lowest BCUT2D eigenvalue weighted by molar-refractivity contribution is -0.114. The Morgan fingerprint density at radius 1 is 1.00 bits per heavy atom. The predicted octanol–water partition coefficient (Wildman–Crippen LogP) is 1.18. The summed E-state index contributed by atoms with van der Waals surface area (Å²) in [4.78, 5) is 22.7. The first-order chi connectivity index (χ1) is 7.27. The fraction of sp³-hybridized carbons (Fsp3) is 0. The van der Waals surface area contributed by atoms with Gasteiger partial charge in [0.05, 0.1) is 0 Å². The van der Waals surface area contributed by atoms with Gasteiger partial charge >= 0.3 is 0 Å². The van der Waals surface area contributed by atoms with E-state index >= 15 is 0 Å². The topological polar surface area (TPSA) is 46.2 Å². The zero-order valence-corrected chi connectivity index (χ0v) is 7.94. The van der Waals surface area contributed by atoms with E-state index in [9.17, 15) is 9.59 Å². The lowest BCUT2D eigenvalue weighted by Gasteiger charge is -2.10. The van der Waals surface area contributed by atoms with Gasteiger partial charge in [0.15, 0.2) is 11.6 Å². The molecule has 3 nitrogen and oxygen atoms in total. The molecular formula is C12H9NO2. The summed E-state index contributed by atoms with van der Waals surface area (Å²) in [5.74, 6) is -0.318. The Kier molecular flexibility index (Phi) is 2.46. The number of ketones is 2. The number of rotatable bonds is 1. The molecule has 0 aromatic heterocycles. The molecule has 74 valence electrons. The molecule has 0 saturated carbocycles. The third kappa shape index (κ3) is 2.02. The molecular weight excluding hydrogens is 190 g/mol. The van der Waals surface area contributed by atoms with Crippen molar-refractivity contribution < 1.29 is 9.59 Å². The van der Waals surface area contributed by atoms with Crippen LogP contribution in [0.3, 0.4) is 0 Å². The average Bonchev–Trinajstić information content (AvgIpc) is 2.50. The molecule has 0 radical (unpaired) electrons. The lowest BCUT2D eigenvalue weighted by Crippen LogP contribution is -2.16. The van der Waals surface area contributed by atoms with Crippen molar-refractivity contribution in [3.05, 3.63) is 60.0 Å². The van der Waals surface area contributed by atoms with E-state index in [1.807, 2.05) is 18.2 Å². The SMILES string of the molecule is O=C1C=CC(=O)C(C2=CC=CC=CN2)=C1. The second kappa shape index (κ2) is 3.92. The minimum atomic E-state index is -0.162. The molecule has 0 aromatic carbocycles. The maximum atomic E-state index is 11.5. The predicted molar refractivity (Wildman–Crippen MR) is 56.7 cm³/mol. The zero-order valence-electron chi connectivity index (χ0n) is 7.94. The minimum absolute atomic E-state index is 0.156. The van der Waals surface area contributed by atoms with Gasteiger partial charge in [-0.3, -0.25) is 9.59 Å². The molecule has 1 heterocycles. The van der Waals surface area contributed by atoms with Gasteiger partial charge in [0, 0.05) is 17.5 Å². The van der Waals surface area contributed by atoms with Crippen LogP contribution in [0, 0.1) is 0 Å². The molecule has 2 aliphatic rings. The molecule has 0 aromatic rings. The van der Waals surface area contributed by atoms with E-state index < -0.39 is 0 Å². The van der Waals surface area contributed by atoms with Crippen molar-refractivity contribution in [3.63, 3.8) is 0 Å². The third-order valence-electron chi connectivity index (χ3n) is 2.06. The Labute approximate surface area is 87.2 Å². The highest BCUT2D eigenvalue weighted by molar-refractivity contribution is 6.19. The van der Waals surface area contributed by atoms with Gasteiger partial charge in [-0.1, -0.05) is 12.2 Å². The van der Waals surface area contributed by atoms with Crippen LogP contribution in [0.25, 0.3) is 0 Å². The first-order valence-electron chi connectivity index (χ1n) is 4.56. The molecule has 3 heteroatoms. The molecule has 0 amide bonds. The van der Waals surface area contributed by atoms with Crippen molar-refractivity contribution in [1.29, 1.82) is 0 Å². The summed E-state index contributed by atoms with van der Waals surface area (Å²) in [6.45, 7) is 0. The van der Waals surface area contributed by atoms with Gasteiger partial charge in [-0.05, 0) is 30.4 Å². The molecule has 0 atom stereocenters. The molecule has 0 spiro atoms. The summed E-state index contributed by atoms with van der Waals surface area (Å²) in [5.41, 5.74) is 1.04. The van der Waals surface area contributed by atoms with Crippen LogP contribution in [0.5, 0.6) is 0 Å². The van der Waals surface area contributed by atoms with Crippen LogP contribution < -0.4 is 5.32 Å². The van der Waals surface area contributed by atoms with Crippen molar-refractivity contribution in [2.45, 2.75) is 0 Å². The molecule has 1 N–H and O–H groups in total. The smallest absolute Gasteiger partial charge is 0.188 e. The Balaban J connectivity index is 2.34. The van der Waals surface area contributed by atoms with Gasteiger partial charge in [-0.15, -0.1) is 0 Å². The van der Waals surface area contributed by atoms with Crippen LogP contribution >= 0.6 is 0 Å². The highest BCUT2D eigenvalue weighted by atomic mass is 16.1. The van der Waals surface area contributed by atoms with Crippen LogP contribution in [0.1, 0.15) is 0 Å². The third-order valence-corrected chi connectivity index (χ3v) is 2.06.